The van der Waals surface area contributed by atoms with Gasteiger partial charge in [-0.1, -0.05) is 40.4 Å². The second-order valence-corrected chi connectivity index (χ2v) is 21.6. The summed E-state index contributed by atoms with van der Waals surface area (Å²) in [6, 6.07) is 0. The molecule has 0 aliphatic rings. The molecule has 0 aromatic carbocycles. The van der Waals surface area contributed by atoms with Crippen LogP contribution < -0.4 is 0 Å². The normalized spacial score (nSPS) is 19.0. The Morgan fingerprint density at radius 1 is 0.917 bits per heavy atom. The van der Waals surface area contributed by atoms with Crippen molar-refractivity contribution in [1.82, 2.24) is 0 Å². The van der Waals surface area contributed by atoms with Gasteiger partial charge in [-0.15, -0.1) is 0 Å². The molecule has 1 nitrogen and oxygen atoms in total. The average Bonchev–Trinajstić information content (AvgIpc) is 1.81. The van der Waals surface area contributed by atoms with Crippen molar-refractivity contribution in [3.05, 3.63) is 0 Å². The zero-order chi connectivity index (χ0) is 10.2. The molecular formula is C9H24OSi2. The molecule has 0 rings (SSSR count). The highest BCUT2D eigenvalue weighted by Gasteiger charge is 2.51. The highest BCUT2D eigenvalue weighted by molar-refractivity contribution is 7.39. The van der Waals surface area contributed by atoms with Crippen LogP contribution in [-0.2, 0) is 4.43 Å². The Morgan fingerprint density at radius 3 is 1.25 bits per heavy atom. The monoisotopic (exact) mass is 204 g/mol. The first-order valence-electron chi connectivity index (χ1n) is 4.61. The van der Waals surface area contributed by atoms with Gasteiger partial charge in [-0.2, -0.15) is 0 Å². The lowest BCUT2D eigenvalue weighted by Crippen LogP contribution is -2.62. The smallest absolute Gasteiger partial charge is 0.181 e. The number of hydrogen-bond acceptors (Lipinski definition) is 1. The summed E-state index contributed by atoms with van der Waals surface area (Å²) in [7, 11) is -0.719. The third kappa shape index (κ3) is 2.00. The Bertz CT molecular complexity index is 139. The number of hydrogen-bond donors (Lipinski definition) is 0. The first-order chi connectivity index (χ1) is 5.06. The SMILES string of the molecule is CO[Si](C)(C(C)(C)C)[Si](C)(C)C. The molecule has 1 atom stereocenters. The van der Waals surface area contributed by atoms with Crippen molar-refractivity contribution in [3.8, 4) is 0 Å². The first kappa shape index (κ1) is 12.4. The van der Waals surface area contributed by atoms with E-state index in [1.807, 2.05) is 7.11 Å². The van der Waals surface area contributed by atoms with E-state index in [1.165, 1.54) is 0 Å². The van der Waals surface area contributed by atoms with Crippen LogP contribution in [0.1, 0.15) is 20.8 Å². The van der Waals surface area contributed by atoms with Crippen LogP contribution in [0, 0.1) is 0 Å². The molecule has 0 bridgehead atoms. The maximum Gasteiger partial charge on any atom is 0.181 e. The quantitative estimate of drug-likeness (QED) is 0.626. The molecule has 1 unspecified atom stereocenters. The molecule has 0 fully saturated rings. The number of rotatable bonds is 2. The van der Waals surface area contributed by atoms with Gasteiger partial charge in [0.2, 0.25) is 0 Å². The van der Waals surface area contributed by atoms with Gasteiger partial charge in [-0.25, -0.2) is 0 Å². The molecule has 0 spiro atoms. The van der Waals surface area contributed by atoms with Gasteiger partial charge in [0.1, 0.15) is 0 Å². The summed E-state index contributed by atoms with van der Waals surface area (Å²) < 4.78 is 5.87. The zero-order valence-corrected chi connectivity index (χ0v) is 11.9. The highest BCUT2D eigenvalue weighted by atomic mass is 29.3. The fourth-order valence-electron chi connectivity index (χ4n) is 1.74. The van der Waals surface area contributed by atoms with Gasteiger partial charge in [0.25, 0.3) is 0 Å². The molecule has 3 heteroatoms. The van der Waals surface area contributed by atoms with Crippen LogP contribution >= 0.6 is 0 Å². The molecule has 0 aromatic rings. The van der Waals surface area contributed by atoms with E-state index in [9.17, 15) is 0 Å². The lowest BCUT2D eigenvalue weighted by Gasteiger charge is -2.46. The zero-order valence-electron chi connectivity index (χ0n) is 9.91. The summed E-state index contributed by atoms with van der Waals surface area (Å²) in [5.74, 6) is 0. The van der Waals surface area contributed by atoms with Crippen molar-refractivity contribution < 1.29 is 4.43 Å². The predicted octanol–water partition coefficient (Wildman–Crippen LogP) is 3.42. The van der Waals surface area contributed by atoms with Gasteiger partial charge in [0.05, 0.1) is 7.59 Å². The van der Waals surface area contributed by atoms with Gasteiger partial charge in [-0.3, -0.25) is 0 Å². The van der Waals surface area contributed by atoms with Crippen molar-refractivity contribution in [1.29, 1.82) is 0 Å². The minimum Gasteiger partial charge on any atom is -0.422 e. The molecular weight excluding hydrogens is 180 g/mol. The van der Waals surface area contributed by atoms with E-state index < -0.39 is 15.4 Å². The van der Waals surface area contributed by atoms with Crippen molar-refractivity contribution >= 4 is 15.4 Å². The topological polar surface area (TPSA) is 9.23 Å². The van der Waals surface area contributed by atoms with Crippen molar-refractivity contribution in [2.75, 3.05) is 7.11 Å². The second kappa shape index (κ2) is 3.27. The molecule has 0 aromatic heterocycles. The minimum atomic E-state index is -1.49. The third-order valence-electron chi connectivity index (χ3n) is 3.27. The summed E-state index contributed by atoms with van der Waals surface area (Å²) in [6.45, 7) is 16.6. The largest absolute Gasteiger partial charge is 0.422 e. The Hall–Kier alpha value is 0.394. The van der Waals surface area contributed by atoms with Gasteiger partial charge in [-0.05, 0) is 11.6 Å². The maximum absolute atomic E-state index is 5.87. The van der Waals surface area contributed by atoms with E-state index in [2.05, 4.69) is 47.0 Å². The summed E-state index contributed by atoms with van der Waals surface area (Å²) >= 11 is 0. The van der Waals surface area contributed by atoms with E-state index in [1.54, 1.807) is 0 Å². The van der Waals surface area contributed by atoms with Crippen LogP contribution in [0.2, 0.25) is 31.2 Å². The Kier molecular flexibility index (Phi) is 3.38. The molecule has 0 aliphatic heterocycles. The molecule has 0 aliphatic carbocycles. The first-order valence-corrected chi connectivity index (χ1v) is 11.5. The summed E-state index contributed by atoms with van der Waals surface area (Å²) in [5.41, 5.74) is 0. The van der Waals surface area contributed by atoms with Crippen LogP contribution in [0.4, 0.5) is 0 Å². The van der Waals surface area contributed by atoms with Crippen LogP contribution in [0.15, 0.2) is 0 Å². The molecule has 12 heavy (non-hydrogen) atoms. The molecule has 0 radical (unpaired) electrons. The Labute approximate surface area is 79.4 Å². The Balaban J connectivity index is 4.95. The van der Waals surface area contributed by atoms with Crippen LogP contribution in [0.5, 0.6) is 0 Å². The summed E-state index contributed by atoms with van der Waals surface area (Å²) in [4.78, 5) is 0. The van der Waals surface area contributed by atoms with Gasteiger partial charge in [0, 0.05) is 7.11 Å². The summed E-state index contributed by atoms with van der Waals surface area (Å²) in [5, 5.41) is 0.367. The second-order valence-electron chi connectivity index (χ2n) is 5.74. The standard InChI is InChI=1S/C9H24OSi2/c1-9(2,3)12(8,10-4)11(5,6)7/h1-8H3. The lowest BCUT2D eigenvalue weighted by atomic mass is 10.3. The molecule has 0 N–H and O–H groups in total. The molecule has 74 valence electrons. The van der Waals surface area contributed by atoms with E-state index in [4.69, 9.17) is 4.43 Å². The van der Waals surface area contributed by atoms with E-state index >= 15 is 0 Å². The van der Waals surface area contributed by atoms with E-state index in [0.29, 0.717) is 5.04 Å². The van der Waals surface area contributed by atoms with Crippen LogP contribution in [0.25, 0.3) is 0 Å². The molecule has 0 saturated heterocycles. The maximum atomic E-state index is 5.87. The molecule has 0 amide bonds. The lowest BCUT2D eigenvalue weighted by molar-refractivity contribution is 0.384. The van der Waals surface area contributed by atoms with Crippen LogP contribution in [-0.4, -0.2) is 22.5 Å². The van der Waals surface area contributed by atoms with Crippen molar-refractivity contribution in [3.63, 3.8) is 0 Å². The predicted molar refractivity (Wildman–Crippen MR) is 61.7 cm³/mol. The average molecular weight is 204 g/mol. The minimum absolute atomic E-state index is 0.367. The Morgan fingerprint density at radius 2 is 1.25 bits per heavy atom. The third-order valence-corrected chi connectivity index (χ3v) is 21.3. The van der Waals surface area contributed by atoms with Gasteiger partial charge >= 0.3 is 0 Å². The molecule has 0 saturated carbocycles. The van der Waals surface area contributed by atoms with Gasteiger partial charge < -0.3 is 4.43 Å². The van der Waals surface area contributed by atoms with Crippen LogP contribution in [0.3, 0.4) is 0 Å². The molecule has 0 heterocycles. The fourth-order valence-corrected chi connectivity index (χ4v) is 13.8. The summed E-state index contributed by atoms with van der Waals surface area (Å²) in [6.07, 6.45) is 0. The van der Waals surface area contributed by atoms with E-state index in [-0.39, 0.29) is 0 Å². The van der Waals surface area contributed by atoms with Crippen molar-refractivity contribution in [2.45, 2.75) is 52.0 Å². The highest BCUT2D eigenvalue weighted by Crippen LogP contribution is 2.41. The fraction of sp³-hybridized carbons (Fsp3) is 1.00. The van der Waals surface area contributed by atoms with Crippen molar-refractivity contribution in [2.24, 2.45) is 0 Å². The van der Waals surface area contributed by atoms with Gasteiger partial charge in [0.15, 0.2) is 7.83 Å². The van der Waals surface area contributed by atoms with E-state index in [0.717, 1.165) is 0 Å².